The molecule has 0 saturated heterocycles. The molecule has 0 radical (unpaired) electrons. The zero-order valence-electron chi connectivity index (χ0n) is 13.8. The van der Waals surface area contributed by atoms with Crippen molar-refractivity contribution in [3.05, 3.63) is 16.0 Å². The quantitative estimate of drug-likeness (QED) is 0.837. The Morgan fingerprint density at radius 2 is 1.74 bits per heavy atom. The highest BCUT2D eigenvalue weighted by atomic mass is 32.1. The fourth-order valence-electron chi connectivity index (χ4n) is 3.73. The van der Waals surface area contributed by atoms with Crippen molar-refractivity contribution in [3.63, 3.8) is 0 Å². The number of aryl methyl sites for hydroxylation is 1. The molecule has 0 bridgehead atoms. The summed E-state index contributed by atoms with van der Waals surface area (Å²) in [5.41, 5.74) is 1.73. The predicted molar refractivity (Wildman–Crippen MR) is 92.1 cm³/mol. The highest BCUT2D eigenvalue weighted by Crippen LogP contribution is 2.38. The van der Waals surface area contributed by atoms with E-state index in [2.05, 4.69) is 5.32 Å². The lowest BCUT2D eigenvalue weighted by Crippen LogP contribution is -2.21. The van der Waals surface area contributed by atoms with Crippen molar-refractivity contribution in [3.8, 4) is 0 Å². The van der Waals surface area contributed by atoms with Crippen LogP contribution in [0.5, 0.6) is 0 Å². The van der Waals surface area contributed by atoms with Crippen LogP contribution in [0, 0.1) is 5.92 Å². The fourth-order valence-corrected chi connectivity index (χ4v) is 5.01. The highest BCUT2D eigenvalue weighted by molar-refractivity contribution is 7.17. The molecule has 23 heavy (non-hydrogen) atoms. The fraction of sp³-hybridized carbons (Fsp3) is 0.667. The Balaban J connectivity index is 1.89. The van der Waals surface area contributed by atoms with Gasteiger partial charge in [0.25, 0.3) is 0 Å². The first-order chi connectivity index (χ1) is 11.2. The summed E-state index contributed by atoms with van der Waals surface area (Å²) in [7, 11) is 1.41. The van der Waals surface area contributed by atoms with E-state index in [1.54, 1.807) is 11.3 Å². The molecule has 2 aliphatic carbocycles. The van der Waals surface area contributed by atoms with E-state index in [1.165, 1.54) is 24.8 Å². The Bertz CT molecular complexity index is 587. The third-order valence-corrected chi connectivity index (χ3v) is 6.23. The lowest BCUT2D eigenvalue weighted by Gasteiger charge is -2.12. The summed E-state index contributed by atoms with van der Waals surface area (Å²) in [5.74, 6) is -0.142. The maximum atomic E-state index is 12.5. The SMILES string of the molecule is COC(=O)c1c(NC(=O)C2CCCC2)sc2c1CCCCCC2. The van der Waals surface area contributed by atoms with Gasteiger partial charge in [-0.3, -0.25) is 4.79 Å². The zero-order valence-corrected chi connectivity index (χ0v) is 14.6. The maximum absolute atomic E-state index is 12.5. The first kappa shape index (κ1) is 16.5. The monoisotopic (exact) mass is 335 g/mol. The van der Waals surface area contributed by atoms with Crippen molar-refractivity contribution < 1.29 is 14.3 Å². The van der Waals surface area contributed by atoms with Crippen LogP contribution in [-0.2, 0) is 22.4 Å². The summed E-state index contributed by atoms with van der Waals surface area (Å²) in [5, 5.41) is 3.75. The molecule has 0 atom stereocenters. The van der Waals surface area contributed by atoms with Gasteiger partial charge in [-0.25, -0.2) is 4.79 Å². The van der Waals surface area contributed by atoms with Gasteiger partial charge >= 0.3 is 5.97 Å². The molecular weight excluding hydrogens is 310 g/mol. The van der Waals surface area contributed by atoms with E-state index in [0.717, 1.165) is 56.9 Å². The lowest BCUT2D eigenvalue weighted by atomic mass is 9.96. The molecule has 1 heterocycles. The molecule has 0 aromatic carbocycles. The highest BCUT2D eigenvalue weighted by Gasteiger charge is 2.28. The van der Waals surface area contributed by atoms with Gasteiger partial charge in [-0.1, -0.05) is 25.7 Å². The maximum Gasteiger partial charge on any atom is 0.341 e. The van der Waals surface area contributed by atoms with E-state index < -0.39 is 0 Å². The molecule has 2 aliphatic rings. The number of ether oxygens (including phenoxy) is 1. The second-order valence-electron chi connectivity index (χ2n) is 6.58. The number of hydrogen-bond acceptors (Lipinski definition) is 4. The van der Waals surface area contributed by atoms with Gasteiger partial charge in [-0.05, 0) is 44.1 Å². The second kappa shape index (κ2) is 7.47. The first-order valence-corrected chi connectivity index (χ1v) is 9.56. The predicted octanol–water partition coefficient (Wildman–Crippen LogP) is 4.32. The van der Waals surface area contributed by atoms with Crippen molar-refractivity contribution in [2.75, 3.05) is 12.4 Å². The zero-order chi connectivity index (χ0) is 16.2. The number of methoxy groups -OCH3 is 1. The standard InChI is InChI=1S/C18H25NO3S/c1-22-18(21)15-13-10-4-2-3-5-11-14(13)23-17(15)19-16(20)12-8-6-7-9-12/h12H,2-11H2,1H3,(H,19,20). The Labute approximate surface area is 141 Å². The van der Waals surface area contributed by atoms with Crippen LogP contribution in [-0.4, -0.2) is 19.0 Å². The van der Waals surface area contributed by atoms with Gasteiger partial charge in [0, 0.05) is 10.8 Å². The molecule has 0 spiro atoms. The van der Waals surface area contributed by atoms with Crippen molar-refractivity contribution >= 4 is 28.2 Å². The van der Waals surface area contributed by atoms with Crippen molar-refractivity contribution in [2.24, 2.45) is 5.92 Å². The molecule has 1 aromatic heterocycles. The summed E-state index contributed by atoms with van der Waals surface area (Å²) >= 11 is 1.58. The summed E-state index contributed by atoms with van der Waals surface area (Å²) in [6.45, 7) is 0. The molecule has 0 unspecified atom stereocenters. The number of hydrogen-bond donors (Lipinski definition) is 1. The van der Waals surface area contributed by atoms with Crippen LogP contribution < -0.4 is 5.32 Å². The molecule has 3 rings (SSSR count). The van der Waals surface area contributed by atoms with Gasteiger partial charge < -0.3 is 10.1 Å². The van der Waals surface area contributed by atoms with Crippen molar-refractivity contribution in [1.29, 1.82) is 0 Å². The number of amides is 1. The molecule has 0 aliphatic heterocycles. The largest absolute Gasteiger partial charge is 0.465 e. The Morgan fingerprint density at radius 3 is 2.43 bits per heavy atom. The summed E-state index contributed by atoms with van der Waals surface area (Å²) in [6, 6.07) is 0. The third-order valence-electron chi connectivity index (χ3n) is 5.02. The summed E-state index contributed by atoms with van der Waals surface area (Å²) in [6.07, 6.45) is 10.8. The number of nitrogens with one attached hydrogen (secondary N) is 1. The number of anilines is 1. The molecule has 126 valence electrons. The normalized spacial score (nSPS) is 18.8. The van der Waals surface area contributed by atoms with Gasteiger partial charge in [-0.15, -0.1) is 11.3 Å². The van der Waals surface area contributed by atoms with Crippen LogP contribution >= 0.6 is 11.3 Å². The number of esters is 1. The van der Waals surface area contributed by atoms with Crippen LogP contribution in [0.2, 0.25) is 0 Å². The Morgan fingerprint density at radius 1 is 1.04 bits per heavy atom. The minimum atomic E-state index is -0.315. The van der Waals surface area contributed by atoms with E-state index >= 15 is 0 Å². The summed E-state index contributed by atoms with van der Waals surface area (Å²) in [4.78, 5) is 26.0. The topological polar surface area (TPSA) is 55.4 Å². The molecule has 1 amide bonds. The second-order valence-corrected chi connectivity index (χ2v) is 7.69. The van der Waals surface area contributed by atoms with Crippen LogP contribution in [0.1, 0.15) is 72.2 Å². The van der Waals surface area contributed by atoms with Gasteiger partial charge in [0.2, 0.25) is 5.91 Å². The average Bonchev–Trinajstić information content (AvgIpc) is 3.15. The van der Waals surface area contributed by atoms with E-state index in [4.69, 9.17) is 4.74 Å². The first-order valence-electron chi connectivity index (χ1n) is 8.74. The van der Waals surface area contributed by atoms with Crippen LogP contribution in [0.4, 0.5) is 5.00 Å². The molecular formula is C18H25NO3S. The van der Waals surface area contributed by atoms with E-state index in [9.17, 15) is 9.59 Å². The number of carbonyl (C=O) groups is 2. The minimum Gasteiger partial charge on any atom is -0.465 e. The molecule has 1 N–H and O–H groups in total. The van der Waals surface area contributed by atoms with Crippen LogP contribution in [0.3, 0.4) is 0 Å². The van der Waals surface area contributed by atoms with Gasteiger partial charge in [0.05, 0.1) is 12.7 Å². The number of carbonyl (C=O) groups excluding carboxylic acids is 2. The van der Waals surface area contributed by atoms with Gasteiger partial charge in [-0.2, -0.15) is 0 Å². The van der Waals surface area contributed by atoms with Crippen LogP contribution in [0.15, 0.2) is 0 Å². The molecule has 1 aromatic rings. The number of thiophene rings is 1. The van der Waals surface area contributed by atoms with Crippen molar-refractivity contribution in [1.82, 2.24) is 0 Å². The van der Waals surface area contributed by atoms with E-state index in [-0.39, 0.29) is 17.8 Å². The van der Waals surface area contributed by atoms with Gasteiger partial charge in [0.1, 0.15) is 5.00 Å². The molecule has 1 fully saturated rings. The van der Waals surface area contributed by atoms with E-state index in [0.29, 0.717) is 10.6 Å². The van der Waals surface area contributed by atoms with Gasteiger partial charge in [0.15, 0.2) is 0 Å². The molecule has 1 saturated carbocycles. The number of rotatable bonds is 3. The average molecular weight is 335 g/mol. The number of fused-ring (bicyclic) bond motifs is 1. The molecule has 4 nitrogen and oxygen atoms in total. The Hall–Kier alpha value is -1.36. The van der Waals surface area contributed by atoms with E-state index in [1.807, 2.05) is 0 Å². The van der Waals surface area contributed by atoms with Crippen molar-refractivity contribution in [2.45, 2.75) is 64.2 Å². The Kier molecular flexibility index (Phi) is 5.36. The molecule has 5 heteroatoms. The smallest absolute Gasteiger partial charge is 0.341 e. The third kappa shape index (κ3) is 3.60. The summed E-state index contributed by atoms with van der Waals surface area (Å²) < 4.78 is 5.00. The minimum absolute atomic E-state index is 0.0712. The lowest BCUT2D eigenvalue weighted by molar-refractivity contribution is -0.119. The van der Waals surface area contributed by atoms with Crippen LogP contribution in [0.25, 0.3) is 0 Å².